The van der Waals surface area contributed by atoms with Crippen molar-refractivity contribution in [1.29, 1.82) is 0 Å². The molecule has 1 N–H and O–H groups in total. The van der Waals surface area contributed by atoms with Crippen molar-refractivity contribution in [1.82, 2.24) is 5.16 Å². The molecule has 0 bridgehead atoms. The van der Waals surface area contributed by atoms with E-state index >= 15 is 0 Å². The molecule has 0 fully saturated rings. The predicted molar refractivity (Wildman–Crippen MR) is 66.5 cm³/mol. The van der Waals surface area contributed by atoms with Gasteiger partial charge in [-0.05, 0) is 24.3 Å². The van der Waals surface area contributed by atoms with Crippen LogP contribution < -0.4 is 0 Å². The van der Waals surface area contributed by atoms with Gasteiger partial charge in [0.2, 0.25) is 0 Å². The fourth-order valence-corrected chi connectivity index (χ4v) is 1.89. The fourth-order valence-electron chi connectivity index (χ4n) is 1.89. The molecule has 0 saturated carbocycles. The van der Waals surface area contributed by atoms with Gasteiger partial charge in [0.25, 0.3) is 0 Å². The molecule has 0 aliphatic carbocycles. The monoisotopic (exact) mass is 239 g/mol. The summed E-state index contributed by atoms with van der Waals surface area (Å²) in [5.74, 6) is 0.750. The summed E-state index contributed by atoms with van der Waals surface area (Å²) in [4.78, 5) is 10.7. The second-order valence-corrected chi connectivity index (χ2v) is 3.96. The van der Waals surface area contributed by atoms with Gasteiger partial charge in [-0.1, -0.05) is 23.4 Å². The standard InChI is InChI=1S/C14H9NO3/c16-8-9-4-5-12-13(6-9)15-18-14(12)10-2-1-3-11(17)7-10/h1-8,17H. The molecular weight excluding hydrogens is 230 g/mol. The molecule has 1 aromatic heterocycles. The molecule has 4 heteroatoms. The third kappa shape index (κ3) is 1.64. The van der Waals surface area contributed by atoms with Gasteiger partial charge in [-0.25, -0.2) is 0 Å². The number of phenols is 1. The zero-order chi connectivity index (χ0) is 12.5. The molecule has 3 rings (SSSR count). The lowest BCUT2D eigenvalue weighted by Gasteiger charge is -1.97. The van der Waals surface area contributed by atoms with Crippen molar-refractivity contribution < 1.29 is 14.4 Å². The van der Waals surface area contributed by atoms with E-state index in [1.165, 1.54) is 0 Å². The third-order valence-corrected chi connectivity index (χ3v) is 2.75. The van der Waals surface area contributed by atoms with Gasteiger partial charge in [0, 0.05) is 16.5 Å². The van der Waals surface area contributed by atoms with Crippen LogP contribution in [0.4, 0.5) is 0 Å². The van der Waals surface area contributed by atoms with E-state index < -0.39 is 0 Å². The number of nitrogens with zero attached hydrogens (tertiary/aromatic N) is 1. The number of fused-ring (bicyclic) bond motifs is 1. The topological polar surface area (TPSA) is 63.3 Å². The Balaban J connectivity index is 2.21. The molecule has 0 aliphatic rings. The van der Waals surface area contributed by atoms with Crippen molar-refractivity contribution in [3.8, 4) is 17.1 Å². The molecular formula is C14H9NO3. The molecule has 2 aromatic carbocycles. The zero-order valence-electron chi connectivity index (χ0n) is 9.33. The van der Waals surface area contributed by atoms with E-state index in [0.29, 0.717) is 16.8 Å². The van der Waals surface area contributed by atoms with Crippen LogP contribution in [0.5, 0.6) is 5.75 Å². The largest absolute Gasteiger partial charge is 0.508 e. The Hall–Kier alpha value is -2.62. The molecule has 18 heavy (non-hydrogen) atoms. The molecule has 0 unspecified atom stereocenters. The lowest BCUT2D eigenvalue weighted by molar-refractivity contribution is 0.112. The summed E-state index contributed by atoms with van der Waals surface area (Å²) in [5, 5.41) is 14.2. The van der Waals surface area contributed by atoms with E-state index in [2.05, 4.69) is 5.16 Å². The van der Waals surface area contributed by atoms with Crippen LogP contribution in [0, 0.1) is 0 Å². The minimum absolute atomic E-state index is 0.168. The average Bonchev–Trinajstić information content (AvgIpc) is 2.81. The lowest BCUT2D eigenvalue weighted by atomic mass is 10.1. The Bertz CT molecular complexity index is 731. The van der Waals surface area contributed by atoms with E-state index in [1.807, 2.05) is 6.07 Å². The highest BCUT2D eigenvalue weighted by Crippen LogP contribution is 2.30. The molecule has 0 aliphatic heterocycles. The minimum atomic E-state index is 0.168. The number of hydrogen-bond acceptors (Lipinski definition) is 4. The first-order chi connectivity index (χ1) is 8.78. The summed E-state index contributed by atoms with van der Waals surface area (Å²) in [6.07, 6.45) is 0.766. The highest BCUT2D eigenvalue weighted by molar-refractivity contribution is 5.94. The summed E-state index contributed by atoms with van der Waals surface area (Å²) >= 11 is 0. The summed E-state index contributed by atoms with van der Waals surface area (Å²) in [7, 11) is 0. The number of phenolic OH excluding ortho intramolecular Hbond substituents is 1. The van der Waals surface area contributed by atoms with E-state index in [4.69, 9.17) is 4.52 Å². The Labute approximate surface area is 102 Å². The van der Waals surface area contributed by atoms with Crippen LogP contribution in [0.15, 0.2) is 47.0 Å². The number of aromatic hydroxyl groups is 1. The molecule has 88 valence electrons. The van der Waals surface area contributed by atoms with Crippen molar-refractivity contribution in [3.63, 3.8) is 0 Å². The maximum Gasteiger partial charge on any atom is 0.174 e. The Morgan fingerprint density at radius 1 is 1.17 bits per heavy atom. The van der Waals surface area contributed by atoms with Crippen LogP contribution in [0.2, 0.25) is 0 Å². The van der Waals surface area contributed by atoms with Gasteiger partial charge in [-0.2, -0.15) is 0 Å². The molecule has 0 radical (unpaired) electrons. The first kappa shape index (κ1) is 10.5. The van der Waals surface area contributed by atoms with Crippen LogP contribution in [0.3, 0.4) is 0 Å². The second kappa shape index (κ2) is 4.00. The normalized spacial score (nSPS) is 10.7. The second-order valence-electron chi connectivity index (χ2n) is 3.96. The number of rotatable bonds is 2. The minimum Gasteiger partial charge on any atom is -0.508 e. The SMILES string of the molecule is O=Cc1ccc2c(-c3cccc(O)c3)onc2c1. The maximum atomic E-state index is 10.7. The molecule has 0 spiro atoms. The molecule has 4 nitrogen and oxygen atoms in total. The van der Waals surface area contributed by atoms with E-state index in [9.17, 15) is 9.90 Å². The van der Waals surface area contributed by atoms with Crippen LogP contribution >= 0.6 is 0 Å². The smallest absolute Gasteiger partial charge is 0.174 e. The number of aldehydes is 1. The molecule has 0 saturated heterocycles. The van der Waals surface area contributed by atoms with Gasteiger partial charge in [-0.15, -0.1) is 0 Å². The molecule has 0 atom stereocenters. The first-order valence-electron chi connectivity index (χ1n) is 5.42. The zero-order valence-corrected chi connectivity index (χ0v) is 9.33. The van der Waals surface area contributed by atoms with E-state index in [0.717, 1.165) is 17.2 Å². The first-order valence-corrected chi connectivity index (χ1v) is 5.42. The lowest BCUT2D eigenvalue weighted by Crippen LogP contribution is -1.79. The van der Waals surface area contributed by atoms with Gasteiger partial charge in [0.05, 0.1) is 0 Å². The van der Waals surface area contributed by atoms with E-state index in [-0.39, 0.29) is 5.75 Å². The van der Waals surface area contributed by atoms with Gasteiger partial charge >= 0.3 is 0 Å². The van der Waals surface area contributed by atoms with E-state index in [1.54, 1.807) is 36.4 Å². The molecule has 3 aromatic rings. The van der Waals surface area contributed by atoms with Crippen LogP contribution in [-0.4, -0.2) is 16.5 Å². The Kier molecular flexibility index (Phi) is 2.34. The molecule has 0 amide bonds. The summed E-state index contributed by atoms with van der Waals surface area (Å²) in [6.45, 7) is 0. The van der Waals surface area contributed by atoms with Crippen molar-refractivity contribution in [3.05, 3.63) is 48.0 Å². The fraction of sp³-hybridized carbons (Fsp3) is 0. The van der Waals surface area contributed by atoms with Crippen LogP contribution in [0.1, 0.15) is 10.4 Å². The van der Waals surface area contributed by atoms with Crippen molar-refractivity contribution in [2.24, 2.45) is 0 Å². The highest BCUT2D eigenvalue weighted by Gasteiger charge is 2.11. The summed E-state index contributed by atoms with van der Waals surface area (Å²) in [5.41, 5.74) is 1.92. The highest BCUT2D eigenvalue weighted by atomic mass is 16.5. The van der Waals surface area contributed by atoms with Crippen LogP contribution in [-0.2, 0) is 0 Å². The van der Waals surface area contributed by atoms with Crippen LogP contribution in [0.25, 0.3) is 22.2 Å². The summed E-state index contributed by atoms with van der Waals surface area (Å²) < 4.78 is 5.28. The quantitative estimate of drug-likeness (QED) is 0.698. The van der Waals surface area contributed by atoms with Crippen molar-refractivity contribution in [2.75, 3.05) is 0 Å². The number of carbonyl (C=O) groups is 1. The van der Waals surface area contributed by atoms with Gasteiger partial charge < -0.3 is 9.63 Å². The number of benzene rings is 2. The average molecular weight is 239 g/mol. The molecule has 1 heterocycles. The maximum absolute atomic E-state index is 10.7. The summed E-state index contributed by atoms with van der Waals surface area (Å²) in [6, 6.07) is 11.9. The van der Waals surface area contributed by atoms with Gasteiger partial charge in [0.15, 0.2) is 5.76 Å². The third-order valence-electron chi connectivity index (χ3n) is 2.75. The number of hydrogen-bond donors (Lipinski definition) is 1. The predicted octanol–water partition coefficient (Wildman–Crippen LogP) is 3.01. The van der Waals surface area contributed by atoms with Gasteiger partial charge in [0.1, 0.15) is 17.6 Å². The Morgan fingerprint density at radius 3 is 2.83 bits per heavy atom. The van der Waals surface area contributed by atoms with Crippen molar-refractivity contribution >= 4 is 17.2 Å². The number of carbonyl (C=O) groups excluding carboxylic acids is 1. The van der Waals surface area contributed by atoms with Gasteiger partial charge in [-0.3, -0.25) is 4.79 Å². The Morgan fingerprint density at radius 2 is 2.06 bits per heavy atom. The van der Waals surface area contributed by atoms with Crippen molar-refractivity contribution in [2.45, 2.75) is 0 Å². The number of aromatic nitrogens is 1.